The van der Waals surface area contributed by atoms with Crippen molar-refractivity contribution >= 4 is 33.8 Å². The van der Waals surface area contributed by atoms with Crippen molar-refractivity contribution in [3.63, 3.8) is 0 Å². The van der Waals surface area contributed by atoms with Crippen LogP contribution in [0.2, 0.25) is 5.02 Å². The summed E-state index contributed by atoms with van der Waals surface area (Å²) in [6.45, 7) is 0.570. The van der Waals surface area contributed by atoms with Gasteiger partial charge in [-0.05, 0) is 49.1 Å². The Morgan fingerprint density at radius 1 is 1.07 bits per heavy atom. The molecule has 0 bridgehead atoms. The number of hydrogen-bond acceptors (Lipinski definition) is 4. The monoisotopic (exact) mass is 420 g/mol. The van der Waals surface area contributed by atoms with E-state index < -0.39 is 16.1 Å². The van der Waals surface area contributed by atoms with Gasteiger partial charge < -0.3 is 5.32 Å². The zero-order valence-electron chi connectivity index (χ0n) is 15.2. The summed E-state index contributed by atoms with van der Waals surface area (Å²) in [5.41, 5.74) is 1.20. The zero-order chi connectivity index (χ0) is 20.1. The number of nitrogens with one attached hydrogen (secondary N) is 1. The number of carbonyl (C=O) groups excluding carboxylic acids is 2. The SMILES string of the molecule is O=Cc1ccc(CN(C2CCCCNC2=O)S(=O)(=O)c2ccc(Cl)cc2)cc1. The summed E-state index contributed by atoms with van der Waals surface area (Å²) in [5, 5.41) is 3.23. The molecular formula is C20H21ClN2O4S. The largest absolute Gasteiger partial charge is 0.355 e. The van der Waals surface area contributed by atoms with Crippen molar-refractivity contribution in [1.82, 2.24) is 9.62 Å². The Morgan fingerprint density at radius 2 is 1.75 bits per heavy atom. The number of carbonyl (C=O) groups is 2. The van der Waals surface area contributed by atoms with E-state index in [2.05, 4.69) is 5.32 Å². The molecule has 1 unspecified atom stereocenters. The van der Waals surface area contributed by atoms with Gasteiger partial charge in [0.1, 0.15) is 12.3 Å². The zero-order valence-corrected chi connectivity index (χ0v) is 16.7. The minimum Gasteiger partial charge on any atom is -0.355 e. The molecule has 2 aromatic rings. The normalized spacial score (nSPS) is 17.8. The fourth-order valence-corrected chi connectivity index (χ4v) is 4.92. The van der Waals surface area contributed by atoms with Crippen LogP contribution in [-0.4, -0.2) is 37.5 Å². The summed E-state index contributed by atoms with van der Waals surface area (Å²) in [7, 11) is -3.94. The highest BCUT2D eigenvalue weighted by molar-refractivity contribution is 7.89. The molecule has 6 nitrogen and oxygen atoms in total. The van der Waals surface area contributed by atoms with E-state index in [4.69, 9.17) is 11.6 Å². The molecule has 0 aliphatic carbocycles. The van der Waals surface area contributed by atoms with Gasteiger partial charge in [-0.3, -0.25) is 9.59 Å². The summed E-state index contributed by atoms with van der Waals surface area (Å²) in [6, 6.07) is 11.8. The summed E-state index contributed by atoms with van der Waals surface area (Å²) >= 11 is 5.89. The highest BCUT2D eigenvalue weighted by Crippen LogP contribution is 2.26. The number of nitrogens with zero attached hydrogens (tertiary/aromatic N) is 1. The average Bonchev–Trinajstić information content (AvgIpc) is 2.91. The molecule has 1 heterocycles. The molecule has 0 aromatic heterocycles. The van der Waals surface area contributed by atoms with Crippen LogP contribution in [-0.2, 0) is 21.4 Å². The van der Waals surface area contributed by atoms with E-state index in [1.54, 1.807) is 24.3 Å². The third-order valence-electron chi connectivity index (χ3n) is 4.73. The average molecular weight is 421 g/mol. The maximum atomic E-state index is 13.4. The van der Waals surface area contributed by atoms with Gasteiger partial charge in [-0.15, -0.1) is 0 Å². The molecule has 1 fully saturated rings. The van der Waals surface area contributed by atoms with E-state index in [1.165, 1.54) is 28.6 Å². The van der Waals surface area contributed by atoms with Crippen LogP contribution in [0.15, 0.2) is 53.4 Å². The molecule has 1 N–H and O–H groups in total. The maximum absolute atomic E-state index is 13.4. The summed E-state index contributed by atoms with van der Waals surface area (Å²) < 4.78 is 28.0. The quantitative estimate of drug-likeness (QED) is 0.728. The lowest BCUT2D eigenvalue weighted by molar-refractivity contribution is -0.124. The first-order chi connectivity index (χ1) is 13.4. The molecule has 1 atom stereocenters. The van der Waals surface area contributed by atoms with E-state index in [0.29, 0.717) is 29.1 Å². The van der Waals surface area contributed by atoms with Gasteiger partial charge in [0.05, 0.1) is 4.90 Å². The van der Waals surface area contributed by atoms with E-state index in [1.807, 2.05) is 0 Å². The Kier molecular flexibility index (Phi) is 6.49. The predicted octanol–water partition coefficient (Wildman–Crippen LogP) is 3.01. The predicted molar refractivity (Wildman–Crippen MR) is 107 cm³/mol. The number of halogens is 1. The van der Waals surface area contributed by atoms with Crippen LogP contribution in [0.25, 0.3) is 0 Å². The minimum atomic E-state index is -3.94. The van der Waals surface area contributed by atoms with Crippen molar-refractivity contribution in [2.75, 3.05) is 6.54 Å². The van der Waals surface area contributed by atoms with Gasteiger partial charge >= 0.3 is 0 Å². The van der Waals surface area contributed by atoms with Crippen LogP contribution < -0.4 is 5.32 Å². The van der Waals surface area contributed by atoms with Crippen LogP contribution in [0, 0.1) is 0 Å². The first-order valence-electron chi connectivity index (χ1n) is 9.01. The fraction of sp³-hybridized carbons (Fsp3) is 0.300. The van der Waals surface area contributed by atoms with E-state index in [0.717, 1.165) is 19.1 Å². The molecule has 1 aliphatic rings. The molecule has 3 rings (SSSR count). The Labute approximate surface area is 169 Å². The Bertz CT molecular complexity index is 943. The Balaban J connectivity index is 2.00. The first-order valence-corrected chi connectivity index (χ1v) is 10.8. The Hall–Kier alpha value is -2.22. The number of rotatable bonds is 6. The molecule has 0 spiro atoms. The molecule has 1 saturated heterocycles. The van der Waals surface area contributed by atoms with Gasteiger partial charge in [-0.2, -0.15) is 4.31 Å². The van der Waals surface area contributed by atoms with Crippen LogP contribution >= 0.6 is 11.6 Å². The second-order valence-corrected chi connectivity index (χ2v) is 8.99. The van der Waals surface area contributed by atoms with Crippen molar-refractivity contribution in [1.29, 1.82) is 0 Å². The molecule has 2 aromatic carbocycles. The molecule has 0 radical (unpaired) electrons. The van der Waals surface area contributed by atoms with E-state index in [9.17, 15) is 18.0 Å². The topological polar surface area (TPSA) is 83.6 Å². The molecule has 28 heavy (non-hydrogen) atoms. The van der Waals surface area contributed by atoms with Gasteiger partial charge in [0.25, 0.3) is 0 Å². The summed E-state index contributed by atoms with van der Waals surface area (Å²) in [5.74, 6) is -0.292. The van der Waals surface area contributed by atoms with Gasteiger partial charge in [-0.1, -0.05) is 35.9 Å². The second-order valence-electron chi connectivity index (χ2n) is 6.67. The van der Waals surface area contributed by atoms with Crippen molar-refractivity contribution in [2.24, 2.45) is 0 Å². The van der Waals surface area contributed by atoms with Crippen molar-refractivity contribution in [2.45, 2.75) is 36.7 Å². The van der Waals surface area contributed by atoms with Crippen LogP contribution in [0.1, 0.15) is 35.2 Å². The number of amides is 1. The Morgan fingerprint density at radius 3 is 2.39 bits per heavy atom. The summed E-state index contributed by atoms with van der Waals surface area (Å²) in [6.07, 6.45) is 2.74. The van der Waals surface area contributed by atoms with Crippen LogP contribution in [0.4, 0.5) is 0 Å². The number of benzene rings is 2. The van der Waals surface area contributed by atoms with Gasteiger partial charge in [0, 0.05) is 23.7 Å². The molecule has 148 valence electrons. The fourth-order valence-electron chi connectivity index (χ4n) is 3.18. The van der Waals surface area contributed by atoms with E-state index >= 15 is 0 Å². The molecule has 1 aliphatic heterocycles. The third kappa shape index (κ3) is 4.60. The van der Waals surface area contributed by atoms with Crippen molar-refractivity contribution in [3.8, 4) is 0 Å². The van der Waals surface area contributed by atoms with Gasteiger partial charge in [0.15, 0.2) is 0 Å². The van der Waals surface area contributed by atoms with Crippen molar-refractivity contribution in [3.05, 3.63) is 64.7 Å². The molecular weight excluding hydrogens is 400 g/mol. The van der Waals surface area contributed by atoms with Gasteiger partial charge in [0.2, 0.25) is 15.9 Å². The van der Waals surface area contributed by atoms with E-state index in [-0.39, 0.29) is 17.3 Å². The molecule has 0 saturated carbocycles. The molecule has 8 heteroatoms. The van der Waals surface area contributed by atoms with Crippen LogP contribution in [0.5, 0.6) is 0 Å². The standard InChI is InChI=1S/C20H21ClN2O4S/c21-17-8-10-18(11-9-17)28(26,27)23(19-3-1-2-12-22-20(19)25)13-15-4-6-16(14-24)7-5-15/h4-11,14,19H,1-3,12-13H2,(H,22,25). The van der Waals surface area contributed by atoms with Gasteiger partial charge in [-0.25, -0.2) is 8.42 Å². The lowest BCUT2D eigenvalue weighted by Gasteiger charge is -2.29. The number of sulfonamides is 1. The van der Waals surface area contributed by atoms with Crippen molar-refractivity contribution < 1.29 is 18.0 Å². The lowest BCUT2D eigenvalue weighted by Crippen LogP contribution is -2.48. The summed E-state index contributed by atoms with van der Waals surface area (Å²) in [4.78, 5) is 23.5. The highest BCUT2D eigenvalue weighted by Gasteiger charge is 2.36. The van der Waals surface area contributed by atoms with Crippen LogP contribution in [0.3, 0.4) is 0 Å². The highest BCUT2D eigenvalue weighted by atomic mass is 35.5. The second kappa shape index (κ2) is 8.86. The minimum absolute atomic E-state index is 0.0299. The smallest absolute Gasteiger partial charge is 0.244 e. The molecule has 1 amide bonds. The maximum Gasteiger partial charge on any atom is 0.244 e. The number of hydrogen-bond donors (Lipinski definition) is 1. The third-order valence-corrected chi connectivity index (χ3v) is 6.85. The lowest BCUT2D eigenvalue weighted by atomic mass is 10.1. The number of aldehydes is 1. The first kappa shape index (κ1) is 20.5.